The molecule has 0 bridgehead atoms. The average Bonchev–Trinajstić information content (AvgIpc) is 3.40. The normalized spacial score (nSPS) is 14.5. The highest BCUT2D eigenvalue weighted by atomic mass is 35.5. The zero-order valence-electron chi connectivity index (χ0n) is 22.9. The number of likely N-dealkylation sites (N-methyl/N-ethyl adjacent to an activating group) is 1. The Labute approximate surface area is 250 Å². The molecule has 0 spiro atoms. The van der Waals surface area contributed by atoms with Crippen LogP contribution in [0, 0.1) is 6.92 Å². The third kappa shape index (κ3) is 7.57. The standard InChI is InChI=1S/C29H29ClF3N7OS/c1-18-13-21(36-20-8-7-19(22(14-20)29(31,32)33)17-40-11-9-39(2)10-12-40)15-26(35-18)38-28-34-16-25(42-28)27(41)37-24-6-4-3-5-23(24)30/h3-8,13-16H,9-12,17H2,1-2H3,(H,37,41)(H2,34,35,36,38). The molecule has 8 nitrogen and oxygen atoms in total. The third-order valence-corrected chi connectivity index (χ3v) is 7.97. The van der Waals surface area contributed by atoms with Crippen molar-refractivity contribution in [1.82, 2.24) is 19.8 Å². The highest BCUT2D eigenvalue weighted by Crippen LogP contribution is 2.36. The smallest absolute Gasteiger partial charge is 0.355 e. The fourth-order valence-electron chi connectivity index (χ4n) is 4.57. The molecular formula is C29H29ClF3N7OS. The number of anilines is 5. The van der Waals surface area contributed by atoms with Gasteiger partial charge in [0, 0.05) is 55.9 Å². The molecule has 4 aromatic rings. The zero-order valence-corrected chi connectivity index (χ0v) is 24.5. The molecule has 3 heterocycles. The number of alkyl halides is 3. The largest absolute Gasteiger partial charge is 0.416 e. The summed E-state index contributed by atoms with van der Waals surface area (Å²) in [6.45, 7) is 5.14. The van der Waals surface area contributed by atoms with Gasteiger partial charge in [0.1, 0.15) is 10.7 Å². The topological polar surface area (TPSA) is 85.4 Å². The van der Waals surface area contributed by atoms with Gasteiger partial charge in [-0.1, -0.05) is 41.1 Å². The number of amides is 1. The summed E-state index contributed by atoms with van der Waals surface area (Å²) < 4.78 is 42.1. The Hall–Kier alpha value is -3.71. The Morgan fingerprint density at radius 1 is 1.02 bits per heavy atom. The molecule has 0 unspecified atom stereocenters. The second-order valence-electron chi connectivity index (χ2n) is 10.0. The first kappa shape index (κ1) is 29.8. The fraction of sp³-hybridized carbons (Fsp3) is 0.276. The molecule has 0 radical (unpaired) electrons. The van der Waals surface area contributed by atoms with Gasteiger partial charge < -0.3 is 20.9 Å². The Morgan fingerprint density at radius 3 is 2.52 bits per heavy atom. The molecule has 0 atom stereocenters. The van der Waals surface area contributed by atoms with E-state index in [1.807, 2.05) is 11.9 Å². The summed E-state index contributed by atoms with van der Waals surface area (Å²) in [6.07, 6.45) is -3.04. The molecule has 1 fully saturated rings. The number of nitrogens with one attached hydrogen (secondary N) is 3. The number of aromatic nitrogens is 2. The van der Waals surface area contributed by atoms with Crippen LogP contribution in [0.5, 0.6) is 0 Å². The first-order chi connectivity index (χ1) is 20.0. The van der Waals surface area contributed by atoms with Crippen molar-refractivity contribution in [3.05, 3.63) is 87.5 Å². The summed E-state index contributed by atoms with van der Waals surface area (Å²) >= 11 is 7.25. The van der Waals surface area contributed by atoms with Gasteiger partial charge in [0.15, 0.2) is 5.13 Å². The van der Waals surface area contributed by atoms with E-state index in [9.17, 15) is 18.0 Å². The molecule has 220 valence electrons. The molecule has 5 rings (SSSR count). The molecule has 42 heavy (non-hydrogen) atoms. The minimum atomic E-state index is -4.48. The summed E-state index contributed by atoms with van der Waals surface area (Å²) in [4.78, 5) is 25.9. The number of rotatable bonds is 8. The molecule has 0 saturated carbocycles. The van der Waals surface area contributed by atoms with Crippen LogP contribution in [-0.4, -0.2) is 58.9 Å². The second kappa shape index (κ2) is 12.7. The first-order valence-electron chi connectivity index (χ1n) is 13.2. The summed E-state index contributed by atoms with van der Waals surface area (Å²) in [5, 5.41) is 9.76. The van der Waals surface area contributed by atoms with Crippen molar-refractivity contribution in [2.75, 3.05) is 49.2 Å². The van der Waals surface area contributed by atoms with E-state index in [-0.39, 0.29) is 18.0 Å². The SMILES string of the molecule is Cc1cc(Nc2ccc(CN3CCN(C)CC3)c(C(F)(F)F)c2)cc(Nc2ncc(C(=O)Nc3ccccc3Cl)s2)n1. The number of aryl methyl sites for hydroxylation is 1. The van der Waals surface area contributed by atoms with Crippen LogP contribution in [0.4, 0.5) is 41.2 Å². The maximum Gasteiger partial charge on any atom is 0.416 e. The van der Waals surface area contributed by atoms with Crippen molar-refractivity contribution in [2.24, 2.45) is 0 Å². The summed E-state index contributed by atoms with van der Waals surface area (Å²) in [6, 6.07) is 14.7. The minimum Gasteiger partial charge on any atom is -0.355 e. The second-order valence-corrected chi connectivity index (χ2v) is 11.5. The van der Waals surface area contributed by atoms with Gasteiger partial charge in [0.2, 0.25) is 0 Å². The molecule has 2 aromatic heterocycles. The van der Waals surface area contributed by atoms with Crippen molar-refractivity contribution in [3.63, 3.8) is 0 Å². The third-order valence-electron chi connectivity index (χ3n) is 6.73. The predicted octanol–water partition coefficient (Wildman–Crippen LogP) is 7.01. The highest BCUT2D eigenvalue weighted by Gasteiger charge is 2.34. The van der Waals surface area contributed by atoms with Crippen LogP contribution in [0.1, 0.15) is 26.5 Å². The first-order valence-corrected chi connectivity index (χ1v) is 14.4. The molecule has 0 aliphatic carbocycles. The monoisotopic (exact) mass is 615 g/mol. The van der Waals surface area contributed by atoms with Crippen LogP contribution in [0.3, 0.4) is 0 Å². The Kier molecular flexibility index (Phi) is 8.97. The van der Waals surface area contributed by atoms with E-state index in [4.69, 9.17) is 11.6 Å². The minimum absolute atomic E-state index is 0.248. The number of halogens is 4. The van der Waals surface area contributed by atoms with Gasteiger partial charge in [-0.3, -0.25) is 9.69 Å². The molecule has 1 saturated heterocycles. The number of para-hydroxylation sites is 1. The van der Waals surface area contributed by atoms with E-state index in [1.54, 1.807) is 55.5 Å². The van der Waals surface area contributed by atoms with Crippen LogP contribution in [-0.2, 0) is 12.7 Å². The van der Waals surface area contributed by atoms with Crippen LogP contribution < -0.4 is 16.0 Å². The molecule has 2 aromatic carbocycles. The van der Waals surface area contributed by atoms with Crippen molar-refractivity contribution in [1.29, 1.82) is 0 Å². The summed E-state index contributed by atoms with van der Waals surface area (Å²) in [5.74, 6) is 0.0670. The number of benzene rings is 2. The number of nitrogens with zero attached hydrogens (tertiary/aromatic N) is 4. The number of pyridine rings is 1. The lowest BCUT2D eigenvalue weighted by Crippen LogP contribution is -2.44. The molecular weight excluding hydrogens is 587 g/mol. The van der Waals surface area contributed by atoms with Crippen LogP contribution >= 0.6 is 22.9 Å². The van der Waals surface area contributed by atoms with Gasteiger partial charge in [0.05, 0.1) is 22.5 Å². The number of hydrogen-bond acceptors (Lipinski definition) is 8. The van der Waals surface area contributed by atoms with E-state index in [2.05, 4.69) is 30.8 Å². The van der Waals surface area contributed by atoms with Gasteiger partial charge in [-0.15, -0.1) is 0 Å². The van der Waals surface area contributed by atoms with Gasteiger partial charge >= 0.3 is 6.18 Å². The summed E-state index contributed by atoms with van der Waals surface area (Å²) in [5.41, 5.74) is 1.60. The van der Waals surface area contributed by atoms with E-state index in [1.165, 1.54) is 6.20 Å². The fourth-order valence-corrected chi connectivity index (χ4v) is 5.47. The van der Waals surface area contributed by atoms with Crippen LogP contribution in [0.2, 0.25) is 5.02 Å². The number of hydrogen-bond donors (Lipinski definition) is 3. The highest BCUT2D eigenvalue weighted by molar-refractivity contribution is 7.17. The Balaban J connectivity index is 1.29. The van der Waals surface area contributed by atoms with Crippen molar-refractivity contribution in [3.8, 4) is 0 Å². The molecule has 1 amide bonds. The Morgan fingerprint density at radius 2 is 1.79 bits per heavy atom. The van der Waals surface area contributed by atoms with E-state index in [0.29, 0.717) is 43.6 Å². The number of thiazole rings is 1. The van der Waals surface area contributed by atoms with Crippen molar-refractivity contribution in [2.45, 2.75) is 19.6 Å². The maximum atomic E-state index is 14.0. The Bertz CT molecular complexity index is 1570. The van der Waals surface area contributed by atoms with Gasteiger partial charge in [-0.25, -0.2) is 9.97 Å². The van der Waals surface area contributed by atoms with E-state index in [0.717, 1.165) is 43.6 Å². The van der Waals surface area contributed by atoms with Gasteiger partial charge in [0.25, 0.3) is 5.91 Å². The quantitative estimate of drug-likeness (QED) is 0.197. The predicted molar refractivity (Wildman–Crippen MR) is 161 cm³/mol. The van der Waals surface area contributed by atoms with Gasteiger partial charge in [-0.2, -0.15) is 13.2 Å². The average molecular weight is 616 g/mol. The molecule has 1 aliphatic heterocycles. The lowest BCUT2D eigenvalue weighted by molar-refractivity contribution is -0.138. The lowest BCUT2D eigenvalue weighted by Gasteiger charge is -2.33. The molecule has 13 heteroatoms. The van der Waals surface area contributed by atoms with Crippen molar-refractivity contribution < 1.29 is 18.0 Å². The molecule has 3 N–H and O–H groups in total. The van der Waals surface area contributed by atoms with E-state index >= 15 is 0 Å². The lowest BCUT2D eigenvalue weighted by atomic mass is 10.0. The van der Waals surface area contributed by atoms with Crippen molar-refractivity contribution >= 4 is 56.9 Å². The van der Waals surface area contributed by atoms with Crippen LogP contribution in [0.25, 0.3) is 0 Å². The molecule has 1 aliphatic rings. The van der Waals surface area contributed by atoms with Gasteiger partial charge in [-0.05, 0) is 49.9 Å². The van der Waals surface area contributed by atoms with Crippen LogP contribution in [0.15, 0.2) is 60.8 Å². The zero-order chi connectivity index (χ0) is 29.9. The number of carbonyl (C=O) groups excluding carboxylic acids is 1. The maximum absolute atomic E-state index is 14.0. The summed E-state index contributed by atoms with van der Waals surface area (Å²) in [7, 11) is 2.01. The van der Waals surface area contributed by atoms with E-state index < -0.39 is 11.7 Å². The number of piperazine rings is 1. The number of carbonyl (C=O) groups is 1.